The molecule has 4 nitrogen and oxygen atoms in total. The quantitative estimate of drug-likeness (QED) is 0.571. The van der Waals surface area contributed by atoms with Gasteiger partial charge in [-0.25, -0.2) is 0 Å². The molecular weight excluding hydrogens is 384 g/mol. The van der Waals surface area contributed by atoms with E-state index in [0.29, 0.717) is 31.0 Å². The number of likely N-dealkylation sites (tertiary alicyclic amines) is 1. The highest BCUT2D eigenvalue weighted by atomic mass is 16.3. The largest absolute Gasteiger partial charge is 0.391 e. The van der Waals surface area contributed by atoms with Gasteiger partial charge in [-0.3, -0.25) is 4.79 Å². The number of aryl methyl sites for hydroxylation is 1. The van der Waals surface area contributed by atoms with Gasteiger partial charge in [0.05, 0.1) is 6.10 Å². The molecule has 1 saturated heterocycles. The molecule has 0 bridgehead atoms. The highest BCUT2D eigenvalue weighted by Crippen LogP contribution is 2.42. The molecule has 1 aliphatic heterocycles. The minimum absolute atomic E-state index is 0.00949. The van der Waals surface area contributed by atoms with Crippen molar-refractivity contribution in [1.82, 2.24) is 9.88 Å². The van der Waals surface area contributed by atoms with Crippen molar-refractivity contribution >= 4 is 16.8 Å². The van der Waals surface area contributed by atoms with Crippen LogP contribution in [-0.2, 0) is 5.41 Å². The van der Waals surface area contributed by atoms with Gasteiger partial charge in [0.2, 0.25) is 0 Å². The minimum atomic E-state index is -0.402. The number of carbonyl (C=O) groups is 1. The van der Waals surface area contributed by atoms with Crippen LogP contribution in [0, 0.1) is 12.8 Å². The Morgan fingerprint density at radius 1 is 1.16 bits per heavy atom. The fraction of sp³-hybridized carbons (Fsp3) is 0.444. The number of aliphatic hydroxyl groups is 1. The van der Waals surface area contributed by atoms with Gasteiger partial charge in [0, 0.05) is 41.2 Å². The molecule has 1 amide bonds. The number of H-pyrrole nitrogens is 1. The van der Waals surface area contributed by atoms with E-state index in [1.807, 2.05) is 26.0 Å². The molecule has 2 aromatic carbocycles. The van der Waals surface area contributed by atoms with Gasteiger partial charge in [-0.15, -0.1) is 0 Å². The van der Waals surface area contributed by atoms with Crippen molar-refractivity contribution in [2.24, 2.45) is 5.92 Å². The average Bonchev–Trinajstić information content (AvgIpc) is 3.40. The molecule has 0 aliphatic carbocycles. The zero-order valence-electron chi connectivity index (χ0n) is 19.7. The molecule has 3 aromatic rings. The lowest BCUT2D eigenvalue weighted by Crippen LogP contribution is -2.30. The van der Waals surface area contributed by atoms with Gasteiger partial charge in [-0.1, -0.05) is 70.5 Å². The number of nitrogens with zero attached hydrogens (tertiary/aromatic N) is 1. The van der Waals surface area contributed by atoms with Crippen molar-refractivity contribution in [3.05, 3.63) is 70.9 Å². The number of rotatable bonds is 4. The first-order valence-electron chi connectivity index (χ1n) is 11.5. The van der Waals surface area contributed by atoms with Crippen LogP contribution in [0.4, 0.5) is 0 Å². The fourth-order valence-corrected chi connectivity index (χ4v) is 4.50. The van der Waals surface area contributed by atoms with Crippen molar-refractivity contribution in [1.29, 1.82) is 0 Å². The Morgan fingerprint density at radius 3 is 2.42 bits per heavy atom. The van der Waals surface area contributed by atoms with Gasteiger partial charge in [-0.2, -0.15) is 0 Å². The molecule has 0 spiro atoms. The predicted octanol–water partition coefficient (Wildman–Crippen LogP) is 5.67. The lowest BCUT2D eigenvalue weighted by atomic mass is 9.68. The van der Waals surface area contributed by atoms with Crippen molar-refractivity contribution in [2.75, 3.05) is 13.1 Å². The number of aromatic nitrogens is 1. The Bertz CT molecular complexity index is 1040. The molecular formula is C27H36N2O2. The molecule has 0 radical (unpaired) electrons. The van der Waals surface area contributed by atoms with Crippen LogP contribution < -0.4 is 0 Å². The predicted molar refractivity (Wildman–Crippen MR) is 129 cm³/mol. The molecule has 0 saturated carbocycles. The first-order valence-corrected chi connectivity index (χ1v) is 11.5. The number of benzene rings is 2. The monoisotopic (exact) mass is 420 g/mol. The third-order valence-corrected chi connectivity index (χ3v) is 6.74. The number of fused-ring (bicyclic) bond motifs is 1. The zero-order valence-corrected chi connectivity index (χ0v) is 19.7. The number of carbonyl (C=O) groups excluding carboxylic acids is 1. The van der Waals surface area contributed by atoms with E-state index in [1.165, 1.54) is 16.7 Å². The molecule has 4 rings (SSSR count). The van der Waals surface area contributed by atoms with Crippen LogP contribution in [0.2, 0.25) is 0 Å². The molecule has 2 atom stereocenters. The zero-order chi connectivity index (χ0) is 22.8. The summed E-state index contributed by atoms with van der Waals surface area (Å²) in [5.74, 6) is 0.390. The van der Waals surface area contributed by atoms with Crippen LogP contribution in [0.1, 0.15) is 68.1 Å². The highest BCUT2D eigenvalue weighted by molar-refractivity contribution is 5.99. The number of hydrogen-bond acceptors (Lipinski definition) is 2. The second-order valence-electron chi connectivity index (χ2n) is 8.88. The number of aromatic amines is 1. The van der Waals surface area contributed by atoms with Crippen LogP contribution >= 0.6 is 0 Å². The second kappa shape index (κ2) is 9.27. The Balaban J connectivity index is 0.00000132. The molecule has 31 heavy (non-hydrogen) atoms. The lowest BCUT2D eigenvalue weighted by Gasteiger charge is -2.35. The summed E-state index contributed by atoms with van der Waals surface area (Å²) in [5, 5.41) is 10.9. The standard InChI is InChI=1S/C25H30N2O2.C2H6/c1-16(2)25(4,19-8-5-17(3)6-9-19)22-14-26-23-13-18(7-10-21(22)23)24(29)27-12-11-20(28)15-27;1-2/h5-10,13-14,16,20,26,28H,11-12,15H2,1-4H3;1-2H3. The maximum Gasteiger partial charge on any atom is 0.254 e. The smallest absolute Gasteiger partial charge is 0.254 e. The number of nitrogens with one attached hydrogen (secondary N) is 1. The number of amides is 1. The number of aliphatic hydroxyl groups excluding tert-OH is 1. The molecule has 2 N–H and O–H groups in total. The van der Waals surface area contributed by atoms with Gasteiger partial charge < -0.3 is 15.0 Å². The van der Waals surface area contributed by atoms with Crippen LogP contribution in [0.3, 0.4) is 0 Å². The van der Waals surface area contributed by atoms with Crippen molar-refractivity contribution in [3.63, 3.8) is 0 Å². The lowest BCUT2D eigenvalue weighted by molar-refractivity contribution is 0.0765. The molecule has 1 aliphatic rings. The van der Waals surface area contributed by atoms with Crippen LogP contribution in [0.15, 0.2) is 48.7 Å². The summed E-state index contributed by atoms with van der Waals surface area (Å²) in [5.41, 5.74) is 5.31. The second-order valence-corrected chi connectivity index (χ2v) is 8.88. The van der Waals surface area contributed by atoms with Gasteiger partial charge in [-0.05, 0) is 42.5 Å². The average molecular weight is 421 g/mol. The summed E-state index contributed by atoms with van der Waals surface area (Å²) in [4.78, 5) is 17.9. The third kappa shape index (κ3) is 4.27. The first-order chi connectivity index (χ1) is 14.8. The maximum atomic E-state index is 12.8. The van der Waals surface area contributed by atoms with E-state index < -0.39 is 6.10 Å². The van der Waals surface area contributed by atoms with Crippen molar-refractivity contribution in [2.45, 2.75) is 59.5 Å². The summed E-state index contributed by atoms with van der Waals surface area (Å²) < 4.78 is 0. The number of hydrogen-bond donors (Lipinski definition) is 2. The summed E-state index contributed by atoms with van der Waals surface area (Å²) in [6.07, 6.45) is 2.35. The normalized spacial score (nSPS) is 18.1. The minimum Gasteiger partial charge on any atom is -0.391 e. The molecule has 2 heterocycles. The van der Waals surface area contributed by atoms with E-state index in [0.717, 1.165) is 10.9 Å². The fourth-order valence-electron chi connectivity index (χ4n) is 4.50. The van der Waals surface area contributed by atoms with Gasteiger partial charge in [0.1, 0.15) is 0 Å². The van der Waals surface area contributed by atoms with Crippen molar-refractivity contribution in [3.8, 4) is 0 Å². The molecule has 1 fully saturated rings. The van der Waals surface area contributed by atoms with Crippen LogP contribution in [-0.4, -0.2) is 40.1 Å². The van der Waals surface area contributed by atoms with Gasteiger partial charge >= 0.3 is 0 Å². The van der Waals surface area contributed by atoms with Crippen LogP contribution in [0.25, 0.3) is 10.9 Å². The van der Waals surface area contributed by atoms with E-state index >= 15 is 0 Å². The number of β-amino-alcohol motifs (C(OH)–C–C–N with tert-alkyl or cyclic N) is 1. The topological polar surface area (TPSA) is 56.3 Å². The molecule has 4 heteroatoms. The Labute approximate surface area is 186 Å². The Hall–Kier alpha value is -2.59. The van der Waals surface area contributed by atoms with Crippen molar-refractivity contribution < 1.29 is 9.90 Å². The van der Waals surface area contributed by atoms with E-state index in [1.54, 1.807) is 4.90 Å². The molecule has 1 aromatic heterocycles. The van der Waals surface area contributed by atoms with E-state index in [-0.39, 0.29) is 11.3 Å². The summed E-state index contributed by atoms with van der Waals surface area (Å²) >= 11 is 0. The summed E-state index contributed by atoms with van der Waals surface area (Å²) in [7, 11) is 0. The van der Waals surface area contributed by atoms with Gasteiger partial charge in [0.25, 0.3) is 5.91 Å². The molecule has 2 unspecified atom stereocenters. The van der Waals surface area contributed by atoms with E-state index in [2.05, 4.69) is 69.2 Å². The Morgan fingerprint density at radius 2 is 1.84 bits per heavy atom. The van der Waals surface area contributed by atoms with E-state index in [4.69, 9.17) is 0 Å². The summed E-state index contributed by atoms with van der Waals surface area (Å²) in [6, 6.07) is 14.7. The Kier molecular flexibility index (Phi) is 6.90. The van der Waals surface area contributed by atoms with E-state index in [9.17, 15) is 9.90 Å². The summed E-state index contributed by atoms with van der Waals surface area (Å²) in [6.45, 7) is 14.0. The highest BCUT2D eigenvalue weighted by Gasteiger charge is 2.35. The maximum absolute atomic E-state index is 12.8. The third-order valence-electron chi connectivity index (χ3n) is 6.74. The van der Waals surface area contributed by atoms with Gasteiger partial charge in [0.15, 0.2) is 0 Å². The van der Waals surface area contributed by atoms with Crippen LogP contribution in [0.5, 0.6) is 0 Å². The first kappa shape index (κ1) is 23.1. The molecule has 166 valence electrons. The SMILES string of the molecule is CC.Cc1ccc(C(C)(c2c[nH]c3cc(C(=O)N4CCC(O)C4)ccc23)C(C)C)cc1.